The van der Waals surface area contributed by atoms with E-state index in [1.54, 1.807) is 6.20 Å². The second kappa shape index (κ2) is 6.61. The topological polar surface area (TPSA) is 37.8 Å². The van der Waals surface area contributed by atoms with E-state index in [-0.39, 0.29) is 5.28 Å². The zero-order valence-corrected chi connectivity index (χ0v) is 11.6. The van der Waals surface area contributed by atoms with Gasteiger partial charge in [-0.05, 0) is 30.7 Å². The van der Waals surface area contributed by atoms with Crippen LogP contribution in [0, 0.1) is 6.92 Å². The molecule has 0 aliphatic heterocycles. The molecule has 0 saturated heterocycles. The van der Waals surface area contributed by atoms with Crippen molar-refractivity contribution < 1.29 is 0 Å². The molecule has 1 aromatic heterocycles. The minimum Gasteiger partial charge on any atom is -0.369 e. The Morgan fingerprint density at radius 2 is 2.06 bits per heavy atom. The number of aryl methyl sites for hydroxylation is 1. The summed E-state index contributed by atoms with van der Waals surface area (Å²) in [6.07, 6.45) is 1.72. The molecule has 0 aliphatic carbocycles. The number of nitrogens with zero attached hydrogens (tertiary/aromatic N) is 2. The van der Waals surface area contributed by atoms with E-state index >= 15 is 0 Å². The smallest absolute Gasteiger partial charge is 0.224 e. The minimum atomic E-state index is 0.277. The molecule has 0 unspecified atom stereocenters. The van der Waals surface area contributed by atoms with Crippen LogP contribution >= 0.6 is 23.4 Å². The van der Waals surface area contributed by atoms with Crippen LogP contribution in [0.5, 0.6) is 0 Å². The first-order valence-corrected chi connectivity index (χ1v) is 7.03. The van der Waals surface area contributed by atoms with Crippen LogP contribution in [-0.2, 0) is 0 Å². The van der Waals surface area contributed by atoms with Gasteiger partial charge in [-0.25, -0.2) is 9.97 Å². The van der Waals surface area contributed by atoms with Crippen LogP contribution in [0.2, 0.25) is 5.28 Å². The van der Waals surface area contributed by atoms with Gasteiger partial charge in [-0.3, -0.25) is 0 Å². The molecule has 5 heteroatoms. The van der Waals surface area contributed by atoms with Gasteiger partial charge in [-0.15, -0.1) is 11.8 Å². The number of anilines is 1. The predicted molar refractivity (Wildman–Crippen MR) is 77.4 cm³/mol. The molecule has 0 amide bonds. The van der Waals surface area contributed by atoms with Gasteiger partial charge in [-0.1, -0.05) is 18.2 Å². The summed E-state index contributed by atoms with van der Waals surface area (Å²) in [5, 5.41) is 3.54. The maximum Gasteiger partial charge on any atom is 0.224 e. The van der Waals surface area contributed by atoms with Gasteiger partial charge >= 0.3 is 0 Å². The third-order valence-corrected chi connectivity index (χ3v) is 3.54. The van der Waals surface area contributed by atoms with Crippen LogP contribution in [0.1, 0.15) is 5.56 Å². The monoisotopic (exact) mass is 279 g/mol. The molecule has 0 atom stereocenters. The molecule has 3 nitrogen and oxygen atoms in total. The van der Waals surface area contributed by atoms with Gasteiger partial charge in [0.1, 0.15) is 5.82 Å². The number of halogens is 1. The van der Waals surface area contributed by atoms with Gasteiger partial charge in [0.05, 0.1) is 0 Å². The van der Waals surface area contributed by atoms with Crippen LogP contribution < -0.4 is 5.32 Å². The number of aromatic nitrogens is 2. The Labute approximate surface area is 116 Å². The Balaban J connectivity index is 1.80. The standard InChI is InChI=1S/C13H14ClN3S/c1-10-9-16-13(14)17-12(10)15-7-8-18-11-5-3-2-4-6-11/h2-6,9H,7-8H2,1H3,(H,15,16,17). The third-order valence-electron chi connectivity index (χ3n) is 2.35. The molecule has 0 radical (unpaired) electrons. The number of hydrogen-bond acceptors (Lipinski definition) is 4. The summed E-state index contributed by atoms with van der Waals surface area (Å²) in [6.45, 7) is 2.80. The summed E-state index contributed by atoms with van der Waals surface area (Å²) < 4.78 is 0. The molecule has 94 valence electrons. The maximum absolute atomic E-state index is 5.76. The van der Waals surface area contributed by atoms with E-state index in [4.69, 9.17) is 11.6 Å². The van der Waals surface area contributed by atoms with E-state index in [0.29, 0.717) is 0 Å². The van der Waals surface area contributed by atoms with Crippen molar-refractivity contribution in [3.8, 4) is 0 Å². The van der Waals surface area contributed by atoms with E-state index in [2.05, 4.69) is 27.4 Å². The first kappa shape index (κ1) is 13.2. The van der Waals surface area contributed by atoms with Gasteiger partial charge in [0, 0.05) is 29.0 Å². The van der Waals surface area contributed by atoms with E-state index in [1.165, 1.54) is 4.90 Å². The van der Waals surface area contributed by atoms with Crippen molar-refractivity contribution in [1.82, 2.24) is 9.97 Å². The summed E-state index contributed by atoms with van der Waals surface area (Å²) in [5.41, 5.74) is 1.00. The van der Waals surface area contributed by atoms with Crippen LogP contribution in [0.4, 0.5) is 5.82 Å². The Kier molecular flexibility index (Phi) is 4.84. The number of thioether (sulfide) groups is 1. The molecule has 0 bridgehead atoms. The molecular weight excluding hydrogens is 266 g/mol. The second-order valence-corrected chi connectivity index (χ2v) is 5.27. The Morgan fingerprint density at radius 3 is 2.83 bits per heavy atom. The van der Waals surface area contributed by atoms with Crippen LogP contribution in [-0.4, -0.2) is 22.3 Å². The van der Waals surface area contributed by atoms with Crippen LogP contribution in [0.25, 0.3) is 0 Å². The van der Waals surface area contributed by atoms with Gasteiger partial charge in [0.25, 0.3) is 0 Å². The number of nitrogens with one attached hydrogen (secondary N) is 1. The zero-order chi connectivity index (χ0) is 12.8. The van der Waals surface area contributed by atoms with Crippen molar-refractivity contribution in [2.75, 3.05) is 17.6 Å². The molecular formula is C13H14ClN3S. The quantitative estimate of drug-likeness (QED) is 0.515. The number of rotatable bonds is 5. The van der Waals surface area contributed by atoms with Crippen LogP contribution in [0.15, 0.2) is 41.4 Å². The van der Waals surface area contributed by atoms with Crippen molar-refractivity contribution in [2.24, 2.45) is 0 Å². The minimum absolute atomic E-state index is 0.277. The Morgan fingerprint density at radius 1 is 1.28 bits per heavy atom. The van der Waals surface area contributed by atoms with Crippen molar-refractivity contribution in [3.63, 3.8) is 0 Å². The van der Waals surface area contributed by atoms with Crippen molar-refractivity contribution in [2.45, 2.75) is 11.8 Å². The highest BCUT2D eigenvalue weighted by atomic mass is 35.5. The van der Waals surface area contributed by atoms with E-state index in [0.717, 1.165) is 23.7 Å². The predicted octanol–water partition coefficient (Wildman–Crippen LogP) is 3.64. The molecule has 0 aliphatic rings. The largest absolute Gasteiger partial charge is 0.369 e. The Bertz CT molecular complexity index is 505. The summed E-state index contributed by atoms with van der Waals surface area (Å²) in [5.74, 6) is 1.79. The molecule has 1 heterocycles. The van der Waals surface area contributed by atoms with Gasteiger partial charge < -0.3 is 5.32 Å². The van der Waals surface area contributed by atoms with Gasteiger partial charge in [0.15, 0.2) is 0 Å². The molecule has 0 saturated carbocycles. The Hall–Kier alpha value is -1.26. The fraction of sp³-hybridized carbons (Fsp3) is 0.231. The van der Waals surface area contributed by atoms with Crippen molar-refractivity contribution in [3.05, 3.63) is 47.4 Å². The summed E-state index contributed by atoms with van der Waals surface area (Å²) in [7, 11) is 0. The van der Waals surface area contributed by atoms with Gasteiger partial charge in [0.2, 0.25) is 5.28 Å². The van der Waals surface area contributed by atoms with E-state index < -0.39 is 0 Å². The molecule has 1 aromatic carbocycles. The fourth-order valence-corrected chi connectivity index (χ4v) is 2.38. The normalized spacial score (nSPS) is 10.3. The lowest BCUT2D eigenvalue weighted by Crippen LogP contribution is -2.07. The first-order valence-electron chi connectivity index (χ1n) is 5.66. The van der Waals surface area contributed by atoms with Crippen molar-refractivity contribution >= 4 is 29.2 Å². The van der Waals surface area contributed by atoms with Gasteiger partial charge in [-0.2, -0.15) is 0 Å². The average molecular weight is 280 g/mol. The number of hydrogen-bond donors (Lipinski definition) is 1. The fourth-order valence-electron chi connectivity index (χ4n) is 1.45. The lowest BCUT2D eigenvalue weighted by atomic mass is 10.3. The molecule has 2 aromatic rings. The third kappa shape index (κ3) is 3.89. The summed E-state index contributed by atoms with van der Waals surface area (Å²) >= 11 is 7.57. The average Bonchev–Trinajstić information content (AvgIpc) is 2.40. The second-order valence-electron chi connectivity index (χ2n) is 3.76. The highest BCUT2D eigenvalue weighted by molar-refractivity contribution is 7.99. The summed E-state index contributed by atoms with van der Waals surface area (Å²) in [6, 6.07) is 10.3. The lowest BCUT2D eigenvalue weighted by molar-refractivity contribution is 1.09. The SMILES string of the molecule is Cc1cnc(Cl)nc1NCCSc1ccccc1. The molecule has 18 heavy (non-hydrogen) atoms. The van der Waals surface area contributed by atoms with E-state index in [9.17, 15) is 0 Å². The molecule has 1 N–H and O–H groups in total. The molecule has 2 rings (SSSR count). The maximum atomic E-state index is 5.76. The molecule has 0 spiro atoms. The highest BCUT2D eigenvalue weighted by Crippen LogP contribution is 2.17. The number of benzene rings is 1. The van der Waals surface area contributed by atoms with E-state index in [1.807, 2.05) is 36.9 Å². The first-order chi connectivity index (χ1) is 8.75. The summed E-state index contributed by atoms with van der Waals surface area (Å²) in [4.78, 5) is 9.35. The zero-order valence-electron chi connectivity index (χ0n) is 10.1. The highest BCUT2D eigenvalue weighted by Gasteiger charge is 2.01. The van der Waals surface area contributed by atoms with Crippen LogP contribution in [0.3, 0.4) is 0 Å². The van der Waals surface area contributed by atoms with Crippen molar-refractivity contribution in [1.29, 1.82) is 0 Å². The molecule has 0 fully saturated rings. The lowest BCUT2D eigenvalue weighted by Gasteiger charge is -2.07.